The SMILES string of the molecule is CCn1cncc1Cn1c(CCl)nc2sccc21. The molecular formula is C12H13ClN4S. The lowest BCUT2D eigenvalue weighted by atomic mass is 10.4. The lowest BCUT2D eigenvalue weighted by Gasteiger charge is -2.09. The zero-order valence-electron chi connectivity index (χ0n) is 10.0. The zero-order valence-corrected chi connectivity index (χ0v) is 11.6. The van der Waals surface area contributed by atoms with E-state index in [9.17, 15) is 0 Å². The first-order chi connectivity index (χ1) is 8.83. The van der Waals surface area contributed by atoms with Crippen molar-refractivity contribution in [2.24, 2.45) is 0 Å². The van der Waals surface area contributed by atoms with Crippen LogP contribution in [-0.2, 0) is 19.0 Å². The Hall–Kier alpha value is -1.33. The maximum Gasteiger partial charge on any atom is 0.141 e. The predicted molar refractivity (Wildman–Crippen MR) is 74.2 cm³/mol. The Morgan fingerprint density at radius 3 is 3.11 bits per heavy atom. The fourth-order valence-corrected chi connectivity index (χ4v) is 3.09. The summed E-state index contributed by atoms with van der Waals surface area (Å²) >= 11 is 7.62. The van der Waals surface area contributed by atoms with Gasteiger partial charge in [0.2, 0.25) is 0 Å². The molecule has 4 nitrogen and oxygen atoms in total. The summed E-state index contributed by atoms with van der Waals surface area (Å²) in [7, 11) is 0. The summed E-state index contributed by atoms with van der Waals surface area (Å²) < 4.78 is 4.30. The smallest absolute Gasteiger partial charge is 0.141 e. The Bertz CT molecular complexity index is 667. The van der Waals surface area contributed by atoms with Gasteiger partial charge in [0.1, 0.15) is 10.7 Å². The molecule has 18 heavy (non-hydrogen) atoms. The Kier molecular flexibility index (Phi) is 3.09. The van der Waals surface area contributed by atoms with E-state index >= 15 is 0 Å². The van der Waals surface area contributed by atoms with Crippen molar-refractivity contribution >= 4 is 33.3 Å². The molecule has 0 aliphatic carbocycles. The van der Waals surface area contributed by atoms with E-state index in [1.54, 1.807) is 11.3 Å². The number of fused-ring (bicyclic) bond motifs is 1. The second-order valence-corrected chi connectivity index (χ2v) is 5.19. The lowest BCUT2D eigenvalue weighted by molar-refractivity contribution is 0.665. The summed E-state index contributed by atoms with van der Waals surface area (Å²) in [4.78, 5) is 9.79. The lowest BCUT2D eigenvalue weighted by Crippen LogP contribution is -2.08. The van der Waals surface area contributed by atoms with E-state index in [2.05, 4.69) is 37.5 Å². The Labute approximate surface area is 114 Å². The third-order valence-electron chi connectivity index (χ3n) is 3.04. The van der Waals surface area contributed by atoms with Gasteiger partial charge in [-0.3, -0.25) is 0 Å². The number of alkyl halides is 1. The molecule has 94 valence electrons. The van der Waals surface area contributed by atoms with Gasteiger partial charge in [-0.1, -0.05) is 0 Å². The van der Waals surface area contributed by atoms with Crippen LogP contribution in [0.5, 0.6) is 0 Å². The number of rotatable bonds is 4. The van der Waals surface area contributed by atoms with Gasteiger partial charge in [-0.05, 0) is 18.4 Å². The maximum atomic E-state index is 5.97. The number of halogens is 1. The molecule has 0 atom stereocenters. The standard InChI is InChI=1S/C12H13ClN4S/c1-2-16-8-14-6-9(16)7-17-10-3-4-18-12(10)15-11(17)5-13/h3-4,6,8H,2,5,7H2,1H3. The number of hydrogen-bond acceptors (Lipinski definition) is 3. The van der Waals surface area contributed by atoms with Crippen molar-refractivity contribution in [2.75, 3.05) is 0 Å². The van der Waals surface area contributed by atoms with Crippen molar-refractivity contribution in [3.05, 3.63) is 35.5 Å². The quantitative estimate of drug-likeness (QED) is 0.689. The first-order valence-corrected chi connectivity index (χ1v) is 7.22. The van der Waals surface area contributed by atoms with Gasteiger partial charge in [0.05, 0.1) is 30.0 Å². The van der Waals surface area contributed by atoms with Gasteiger partial charge < -0.3 is 9.13 Å². The Morgan fingerprint density at radius 1 is 1.44 bits per heavy atom. The molecule has 0 saturated carbocycles. The molecule has 0 unspecified atom stereocenters. The molecule has 0 aromatic carbocycles. The third kappa shape index (κ3) is 1.83. The topological polar surface area (TPSA) is 35.6 Å². The van der Waals surface area contributed by atoms with E-state index in [4.69, 9.17) is 11.6 Å². The van der Waals surface area contributed by atoms with Crippen LogP contribution in [0.3, 0.4) is 0 Å². The van der Waals surface area contributed by atoms with Crippen LogP contribution < -0.4 is 0 Å². The van der Waals surface area contributed by atoms with Gasteiger partial charge in [0.25, 0.3) is 0 Å². The van der Waals surface area contributed by atoms with Crippen LogP contribution in [-0.4, -0.2) is 19.1 Å². The molecule has 0 N–H and O–H groups in total. The molecule has 0 saturated heterocycles. The van der Waals surface area contributed by atoms with E-state index in [0.29, 0.717) is 5.88 Å². The number of imidazole rings is 2. The molecule has 3 aromatic heterocycles. The van der Waals surface area contributed by atoms with Crippen LogP contribution in [0.15, 0.2) is 24.0 Å². The highest BCUT2D eigenvalue weighted by molar-refractivity contribution is 7.16. The van der Waals surface area contributed by atoms with E-state index in [-0.39, 0.29) is 0 Å². The fourth-order valence-electron chi connectivity index (χ4n) is 2.11. The molecule has 0 radical (unpaired) electrons. The minimum Gasteiger partial charge on any atom is -0.333 e. The molecule has 0 aliphatic heterocycles. The molecule has 3 aromatic rings. The van der Waals surface area contributed by atoms with Crippen molar-refractivity contribution in [1.82, 2.24) is 19.1 Å². The third-order valence-corrected chi connectivity index (χ3v) is 4.07. The van der Waals surface area contributed by atoms with Crippen LogP contribution in [0.4, 0.5) is 0 Å². The van der Waals surface area contributed by atoms with Crippen LogP contribution in [0.1, 0.15) is 18.4 Å². The molecule has 3 rings (SSSR count). The van der Waals surface area contributed by atoms with Gasteiger partial charge in [-0.15, -0.1) is 22.9 Å². The highest BCUT2D eigenvalue weighted by Gasteiger charge is 2.12. The summed E-state index contributed by atoms with van der Waals surface area (Å²) in [5.74, 6) is 1.35. The van der Waals surface area contributed by atoms with Crippen molar-refractivity contribution in [2.45, 2.75) is 25.9 Å². The molecule has 6 heteroatoms. The first kappa shape index (κ1) is 11.7. The van der Waals surface area contributed by atoms with Crippen molar-refractivity contribution < 1.29 is 0 Å². The predicted octanol–water partition coefficient (Wildman–Crippen LogP) is 3.10. The van der Waals surface area contributed by atoms with E-state index in [1.807, 2.05) is 12.5 Å². The maximum absolute atomic E-state index is 5.97. The van der Waals surface area contributed by atoms with Gasteiger partial charge in [0.15, 0.2) is 0 Å². The Morgan fingerprint density at radius 2 is 2.33 bits per heavy atom. The molecule has 0 amide bonds. The second-order valence-electron chi connectivity index (χ2n) is 4.03. The number of aryl methyl sites for hydroxylation is 1. The van der Waals surface area contributed by atoms with Crippen molar-refractivity contribution in [1.29, 1.82) is 0 Å². The average Bonchev–Trinajstić information content (AvgIpc) is 3.06. The number of thiophene rings is 1. The summed E-state index contributed by atoms with van der Waals surface area (Å²) in [6.07, 6.45) is 3.76. The summed E-state index contributed by atoms with van der Waals surface area (Å²) in [5.41, 5.74) is 2.33. The molecule has 0 aliphatic rings. The van der Waals surface area contributed by atoms with E-state index in [1.165, 1.54) is 5.69 Å². The normalized spacial score (nSPS) is 11.4. The molecule has 3 heterocycles. The van der Waals surface area contributed by atoms with E-state index < -0.39 is 0 Å². The highest BCUT2D eigenvalue weighted by atomic mass is 35.5. The number of hydrogen-bond donors (Lipinski definition) is 0. The summed E-state index contributed by atoms with van der Waals surface area (Å²) in [5, 5.41) is 2.06. The summed E-state index contributed by atoms with van der Waals surface area (Å²) in [6.45, 7) is 3.80. The molecular weight excluding hydrogens is 268 g/mol. The van der Waals surface area contributed by atoms with E-state index in [0.717, 1.165) is 29.3 Å². The largest absolute Gasteiger partial charge is 0.333 e. The van der Waals surface area contributed by atoms with Crippen molar-refractivity contribution in [3.8, 4) is 0 Å². The van der Waals surface area contributed by atoms with Crippen LogP contribution >= 0.6 is 22.9 Å². The van der Waals surface area contributed by atoms with Gasteiger partial charge in [0, 0.05) is 12.7 Å². The van der Waals surface area contributed by atoms with Gasteiger partial charge in [-0.25, -0.2) is 9.97 Å². The van der Waals surface area contributed by atoms with Gasteiger partial charge in [-0.2, -0.15) is 0 Å². The highest BCUT2D eigenvalue weighted by Crippen LogP contribution is 2.23. The minimum atomic E-state index is 0.432. The molecule has 0 bridgehead atoms. The minimum absolute atomic E-state index is 0.432. The summed E-state index contributed by atoms with van der Waals surface area (Å²) in [6, 6.07) is 2.09. The Balaban J connectivity index is 2.05. The van der Waals surface area contributed by atoms with Gasteiger partial charge >= 0.3 is 0 Å². The molecule has 0 spiro atoms. The van der Waals surface area contributed by atoms with Crippen LogP contribution in [0, 0.1) is 0 Å². The number of aromatic nitrogens is 4. The number of nitrogens with zero attached hydrogens (tertiary/aromatic N) is 4. The average molecular weight is 281 g/mol. The molecule has 0 fully saturated rings. The zero-order chi connectivity index (χ0) is 12.5. The van der Waals surface area contributed by atoms with Crippen molar-refractivity contribution in [3.63, 3.8) is 0 Å². The van der Waals surface area contributed by atoms with Crippen LogP contribution in [0.25, 0.3) is 10.3 Å². The monoisotopic (exact) mass is 280 g/mol. The fraction of sp³-hybridized carbons (Fsp3) is 0.333. The van der Waals surface area contributed by atoms with Crippen LogP contribution in [0.2, 0.25) is 0 Å². The first-order valence-electron chi connectivity index (χ1n) is 5.81. The second kappa shape index (κ2) is 4.74.